The number of nitrogens with one attached hydrogen (secondary N) is 1. The second kappa shape index (κ2) is 10.2. The Kier molecular flexibility index (Phi) is 7.31. The molecule has 0 unspecified atom stereocenters. The smallest absolute Gasteiger partial charge is 0.242 e. The summed E-state index contributed by atoms with van der Waals surface area (Å²) in [6.07, 6.45) is 5.66. The van der Waals surface area contributed by atoms with Crippen LogP contribution in [-0.4, -0.2) is 41.9 Å². The lowest BCUT2D eigenvalue weighted by molar-refractivity contribution is -0.132. The van der Waals surface area contributed by atoms with Gasteiger partial charge in [-0.15, -0.1) is 11.3 Å². The molecule has 7 nitrogen and oxygen atoms in total. The number of aryl methyl sites for hydroxylation is 2. The third-order valence-electron chi connectivity index (χ3n) is 5.93. The second-order valence-corrected chi connectivity index (χ2v) is 11.0. The van der Waals surface area contributed by atoms with E-state index in [-0.39, 0.29) is 23.9 Å². The Hall–Kier alpha value is -2.49. The number of hydrogen-bond donors (Lipinski definition) is 1. The third kappa shape index (κ3) is 5.72. The number of thiazole rings is 1. The molecule has 1 amide bonds. The molecule has 3 aromatic rings. The molecule has 176 valence electrons. The summed E-state index contributed by atoms with van der Waals surface area (Å²) in [4.78, 5) is 19.4. The molecule has 2 aromatic heterocycles. The zero-order valence-corrected chi connectivity index (χ0v) is 20.7. The quantitative estimate of drug-likeness (QED) is 0.522. The maximum Gasteiger partial charge on any atom is 0.242 e. The average Bonchev–Trinajstić information content (AvgIpc) is 3.45. The topological polar surface area (TPSA) is 84.3 Å². The molecule has 4 rings (SSSR count). The normalized spacial score (nSPS) is 14.5. The molecule has 1 N–H and O–H groups in total. The first-order valence-electron chi connectivity index (χ1n) is 11.3. The molecule has 0 bridgehead atoms. The van der Waals surface area contributed by atoms with E-state index in [1.165, 1.54) is 16.9 Å². The molecule has 1 fully saturated rings. The maximum absolute atomic E-state index is 13.1. The molecule has 0 spiro atoms. The van der Waals surface area contributed by atoms with E-state index in [1.807, 2.05) is 41.5 Å². The van der Waals surface area contributed by atoms with Crippen molar-refractivity contribution in [1.82, 2.24) is 19.2 Å². The van der Waals surface area contributed by atoms with Gasteiger partial charge in [0.2, 0.25) is 15.9 Å². The molecule has 0 aliphatic carbocycles. The summed E-state index contributed by atoms with van der Waals surface area (Å²) in [5, 5.41) is 2.63. The van der Waals surface area contributed by atoms with Crippen LogP contribution >= 0.6 is 11.3 Å². The van der Waals surface area contributed by atoms with Crippen molar-refractivity contribution in [2.45, 2.75) is 57.5 Å². The zero-order chi connectivity index (χ0) is 23.4. The van der Waals surface area contributed by atoms with Crippen molar-refractivity contribution < 1.29 is 13.2 Å². The molecule has 0 saturated carbocycles. The summed E-state index contributed by atoms with van der Waals surface area (Å²) in [5.74, 6) is 0.00718. The fourth-order valence-electron chi connectivity index (χ4n) is 3.96. The highest BCUT2D eigenvalue weighted by atomic mass is 32.2. The van der Waals surface area contributed by atoms with Gasteiger partial charge in [0.15, 0.2) is 0 Å². The van der Waals surface area contributed by atoms with Crippen molar-refractivity contribution >= 4 is 27.3 Å². The largest absolute Gasteiger partial charge is 0.341 e. The summed E-state index contributed by atoms with van der Waals surface area (Å²) >= 11 is 1.45. The van der Waals surface area contributed by atoms with Crippen LogP contribution in [0.15, 0.2) is 46.8 Å². The molecule has 1 aliphatic rings. The van der Waals surface area contributed by atoms with Crippen molar-refractivity contribution in [2.75, 3.05) is 13.1 Å². The van der Waals surface area contributed by atoms with Gasteiger partial charge in [-0.3, -0.25) is 4.79 Å². The van der Waals surface area contributed by atoms with Crippen LogP contribution in [-0.2, 0) is 34.3 Å². The lowest BCUT2D eigenvalue weighted by atomic mass is 10.1. The number of piperidine rings is 1. The van der Waals surface area contributed by atoms with Crippen molar-refractivity contribution in [3.8, 4) is 10.7 Å². The van der Waals surface area contributed by atoms with Crippen molar-refractivity contribution in [2.24, 2.45) is 0 Å². The number of rotatable bonds is 8. The van der Waals surface area contributed by atoms with Gasteiger partial charge in [0.05, 0.1) is 5.69 Å². The van der Waals surface area contributed by atoms with Gasteiger partial charge in [0, 0.05) is 36.9 Å². The predicted octanol–water partition coefficient (Wildman–Crippen LogP) is 3.97. The SMILES string of the molecule is CCc1ccc(CNS(=O)(=O)c2cc(-c3nc(C)cs3)n(CC(=O)N3CCCCC3)c2)cc1. The second-order valence-electron chi connectivity index (χ2n) is 8.42. The van der Waals surface area contributed by atoms with Crippen LogP contribution in [0.5, 0.6) is 0 Å². The summed E-state index contributed by atoms with van der Waals surface area (Å²) in [5.41, 5.74) is 3.61. The minimum atomic E-state index is -3.76. The minimum absolute atomic E-state index is 0.00718. The Morgan fingerprint density at radius 1 is 1.12 bits per heavy atom. The number of hydrogen-bond acceptors (Lipinski definition) is 5. The van der Waals surface area contributed by atoms with Gasteiger partial charge in [-0.2, -0.15) is 0 Å². The molecule has 1 aliphatic heterocycles. The van der Waals surface area contributed by atoms with Crippen LogP contribution in [0.2, 0.25) is 0 Å². The first-order valence-corrected chi connectivity index (χ1v) is 13.7. The molecule has 33 heavy (non-hydrogen) atoms. The van der Waals surface area contributed by atoms with Gasteiger partial charge in [0.25, 0.3) is 0 Å². The molecule has 0 radical (unpaired) electrons. The summed E-state index contributed by atoms with van der Waals surface area (Å²) in [7, 11) is -3.76. The highest BCUT2D eigenvalue weighted by Gasteiger charge is 2.23. The summed E-state index contributed by atoms with van der Waals surface area (Å²) < 4.78 is 30.6. The van der Waals surface area contributed by atoms with Crippen molar-refractivity contribution in [3.63, 3.8) is 0 Å². The molecular formula is C24H30N4O3S2. The Morgan fingerprint density at radius 2 is 1.82 bits per heavy atom. The number of likely N-dealkylation sites (tertiary alicyclic amines) is 1. The van der Waals surface area contributed by atoms with Crippen molar-refractivity contribution in [3.05, 3.63) is 58.7 Å². The van der Waals surface area contributed by atoms with Gasteiger partial charge in [-0.05, 0) is 49.8 Å². The van der Waals surface area contributed by atoms with Gasteiger partial charge in [-0.25, -0.2) is 18.1 Å². The highest BCUT2D eigenvalue weighted by Crippen LogP contribution is 2.28. The van der Waals surface area contributed by atoms with Gasteiger partial charge in [0.1, 0.15) is 16.4 Å². The predicted molar refractivity (Wildman–Crippen MR) is 131 cm³/mol. The minimum Gasteiger partial charge on any atom is -0.341 e. The lowest BCUT2D eigenvalue weighted by Gasteiger charge is -2.27. The number of carbonyl (C=O) groups excluding carboxylic acids is 1. The van der Waals surface area contributed by atoms with E-state index < -0.39 is 10.0 Å². The van der Waals surface area contributed by atoms with E-state index >= 15 is 0 Å². The van der Waals surface area contributed by atoms with Gasteiger partial charge < -0.3 is 9.47 Å². The number of sulfonamides is 1. The van der Waals surface area contributed by atoms with Crippen LogP contribution in [0.4, 0.5) is 0 Å². The monoisotopic (exact) mass is 486 g/mol. The maximum atomic E-state index is 13.1. The number of carbonyl (C=O) groups is 1. The van der Waals surface area contributed by atoms with E-state index in [1.54, 1.807) is 16.8 Å². The van der Waals surface area contributed by atoms with Crippen LogP contribution in [0.3, 0.4) is 0 Å². The van der Waals surface area contributed by atoms with E-state index in [0.29, 0.717) is 10.7 Å². The highest BCUT2D eigenvalue weighted by molar-refractivity contribution is 7.89. The van der Waals surface area contributed by atoms with Crippen LogP contribution in [0.1, 0.15) is 43.0 Å². The van der Waals surface area contributed by atoms with E-state index in [2.05, 4.69) is 16.6 Å². The standard InChI is InChI=1S/C24H30N4O3S2/c1-3-19-7-9-20(10-8-19)14-25-33(30,31)21-13-22(24-26-18(2)17-32-24)28(15-21)16-23(29)27-11-5-4-6-12-27/h7-10,13,15,17,25H,3-6,11-12,14,16H2,1-2H3. The van der Waals surface area contributed by atoms with E-state index in [4.69, 9.17) is 0 Å². The Bertz CT molecular complexity index is 1210. The van der Waals surface area contributed by atoms with Gasteiger partial charge in [-0.1, -0.05) is 31.2 Å². The molecular weight excluding hydrogens is 456 g/mol. The van der Waals surface area contributed by atoms with Gasteiger partial charge >= 0.3 is 0 Å². The summed E-state index contributed by atoms with van der Waals surface area (Å²) in [6, 6.07) is 9.51. The first-order chi connectivity index (χ1) is 15.9. The molecule has 1 aromatic carbocycles. The lowest BCUT2D eigenvalue weighted by Crippen LogP contribution is -2.37. The average molecular weight is 487 g/mol. The fraction of sp³-hybridized carbons (Fsp3) is 0.417. The zero-order valence-electron chi connectivity index (χ0n) is 19.1. The van der Waals surface area contributed by atoms with Crippen LogP contribution in [0.25, 0.3) is 10.7 Å². The Morgan fingerprint density at radius 3 is 2.45 bits per heavy atom. The van der Waals surface area contributed by atoms with Crippen LogP contribution < -0.4 is 4.72 Å². The number of benzene rings is 1. The number of amides is 1. The first kappa shape index (κ1) is 23.7. The molecule has 3 heterocycles. The Labute approximate surface area is 199 Å². The number of aromatic nitrogens is 2. The number of nitrogens with zero attached hydrogens (tertiary/aromatic N) is 3. The molecule has 0 atom stereocenters. The molecule has 1 saturated heterocycles. The van der Waals surface area contributed by atoms with Crippen LogP contribution in [0, 0.1) is 6.92 Å². The van der Waals surface area contributed by atoms with E-state index in [0.717, 1.165) is 50.0 Å². The fourth-order valence-corrected chi connectivity index (χ4v) is 5.84. The third-order valence-corrected chi connectivity index (χ3v) is 8.28. The Balaban J connectivity index is 1.57. The van der Waals surface area contributed by atoms with Crippen molar-refractivity contribution in [1.29, 1.82) is 0 Å². The van der Waals surface area contributed by atoms with E-state index in [9.17, 15) is 13.2 Å². The molecule has 9 heteroatoms. The summed E-state index contributed by atoms with van der Waals surface area (Å²) in [6.45, 7) is 5.80.